The highest BCUT2D eigenvalue weighted by molar-refractivity contribution is 5.74. The molecule has 2 aromatic rings. The van der Waals surface area contributed by atoms with E-state index in [0.29, 0.717) is 24.0 Å². The summed E-state index contributed by atoms with van der Waals surface area (Å²) in [6.07, 6.45) is 0.876. The molecule has 0 saturated carbocycles. The van der Waals surface area contributed by atoms with E-state index >= 15 is 0 Å². The Morgan fingerprint density at radius 2 is 2.19 bits per heavy atom. The number of carbonyl (C=O) groups is 1. The lowest BCUT2D eigenvalue weighted by molar-refractivity contribution is 0.236. The average Bonchev–Trinajstić information content (AvgIpc) is 2.88. The molecule has 0 unspecified atom stereocenters. The third-order valence-electron chi connectivity index (χ3n) is 2.99. The van der Waals surface area contributed by atoms with Gasteiger partial charge >= 0.3 is 6.03 Å². The first-order valence-electron chi connectivity index (χ1n) is 7.02. The summed E-state index contributed by atoms with van der Waals surface area (Å²) in [5.41, 5.74) is 0.609. The SMILES string of the molecule is CCOc1ccc2nnc(CNC(=O)N[C@H](C)CC)n2n1. The van der Waals surface area contributed by atoms with Crippen molar-refractivity contribution in [1.29, 1.82) is 0 Å². The molecule has 2 rings (SSSR count). The summed E-state index contributed by atoms with van der Waals surface area (Å²) in [5, 5.41) is 17.9. The van der Waals surface area contributed by atoms with Gasteiger partial charge in [0.1, 0.15) is 0 Å². The molecule has 0 fully saturated rings. The number of hydrogen-bond donors (Lipinski definition) is 2. The van der Waals surface area contributed by atoms with Crippen LogP contribution in [0.4, 0.5) is 4.79 Å². The molecule has 2 N–H and O–H groups in total. The fourth-order valence-electron chi connectivity index (χ4n) is 1.69. The molecule has 0 bridgehead atoms. The number of urea groups is 1. The first-order chi connectivity index (χ1) is 10.1. The van der Waals surface area contributed by atoms with Gasteiger partial charge in [-0.2, -0.15) is 4.52 Å². The number of fused-ring (bicyclic) bond motifs is 1. The van der Waals surface area contributed by atoms with Crippen molar-refractivity contribution >= 4 is 11.7 Å². The minimum absolute atomic E-state index is 0.128. The summed E-state index contributed by atoms with van der Waals surface area (Å²) < 4.78 is 6.91. The Morgan fingerprint density at radius 1 is 1.38 bits per heavy atom. The van der Waals surface area contributed by atoms with Gasteiger partial charge in [-0.25, -0.2) is 4.79 Å². The molecule has 0 radical (unpaired) electrons. The number of aromatic nitrogens is 4. The molecular weight excluding hydrogens is 272 g/mol. The second-order valence-electron chi connectivity index (χ2n) is 4.63. The molecule has 0 spiro atoms. The van der Waals surface area contributed by atoms with Crippen molar-refractivity contribution in [2.45, 2.75) is 39.8 Å². The summed E-state index contributed by atoms with van der Waals surface area (Å²) in [4.78, 5) is 11.7. The van der Waals surface area contributed by atoms with Crippen molar-refractivity contribution in [3.05, 3.63) is 18.0 Å². The number of hydrogen-bond acceptors (Lipinski definition) is 5. The predicted molar refractivity (Wildman–Crippen MR) is 77.1 cm³/mol. The maximum atomic E-state index is 11.7. The van der Waals surface area contributed by atoms with Crippen LogP contribution in [0, 0.1) is 0 Å². The molecule has 0 aliphatic rings. The molecule has 2 amide bonds. The lowest BCUT2D eigenvalue weighted by Gasteiger charge is -2.11. The van der Waals surface area contributed by atoms with Crippen LogP contribution in [0.5, 0.6) is 5.88 Å². The Balaban J connectivity index is 2.04. The van der Waals surface area contributed by atoms with Gasteiger partial charge in [-0.05, 0) is 26.3 Å². The summed E-state index contributed by atoms with van der Waals surface area (Å²) in [5.74, 6) is 1.04. The average molecular weight is 292 g/mol. The monoisotopic (exact) mass is 292 g/mol. The summed E-state index contributed by atoms with van der Waals surface area (Å²) in [6, 6.07) is 3.40. The maximum absolute atomic E-state index is 11.7. The van der Waals surface area contributed by atoms with Crippen LogP contribution in [0.1, 0.15) is 33.0 Å². The van der Waals surface area contributed by atoms with Gasteiger partial charge in [0, 0.05) is 12.1 Å². The Morgan fingerprint density at radius 3 is 2.90 bits per heavy atom. The summed E-state index contributed by atoms with van der Waals surface area (Å²) >= 11 is 0. The van der Waals surface area contributed by atoms with Gasteiger partial charge in [-0.1, -0.05) is 6.92 Å². The summed E-state index contributed by atoms with van der Waals surface area (Å²) in [6.45, 7) is 6.62. The van der Waals surface area contributed by atoms with Gasteiger partial charge in [0.05, 0.1) is 13.2 Å². The molecule has 2 heterocycles. The van der Waals surface area contributed by atoms with E-state index in [0.717, 1.165) is 6.42 Å². The molecule has 21 heavy (non-hydrogen) atoms. The highest BCUT2D eigenvalue weighted by atomic mass is 16.5. The fraction of sp³-hybridized carbons (Fsp3) is 0.538. The Bertz CT molecular complexity index is 612. The zero-order valence-electron chi connectivity index (χ0n) is 12.5. The number of nitrogens with zero attached hydrogens (tertiary/aromatic N) is 4. The first-order valence-corrected chi connectivity index (χ1v) is 7.02. The number of rotatable bonds is 6. The molecule has 114 valence electrons. The van der Waals surface area contributed by atoms with Crippen LogP contribution in [-0.4, -0.2) is 38.5 Å². The fourth-order valence-corrected chi connectivity index (χ4v) is 1.69. The Labute approximate surface area is 122 Å². The zero-order chi connectivity index (χ0) is 15.2. The second kappa shape index (κ2) is 6.87. The lowest BCUT2D eigenvalue weighted by atomic mass is 10.3. The Kier molecular flexibility index (Phi) is 4.91. The molecule has 8 nitrogen and oxygen atoms in total. The van der Waals surface area contributed by atoms with Gasteiger partial charge < -0.3 is 15.4 Å². The summed E-state index contributed by atoms with van der Waals surface area (Å²) in [7, 11) is 0. The molecule has 0 aliphatic heterocycles. The number of nitrogens with one attached hydrogen (secondary N) is 2. The predicted octanol–water partition coefficient (Wildman–Crippen LogP) is 1.12. The third-order valence-corrected chi connectivity index (χ3v) is 2.99. The largest absolute Gasteiger partial charge is 0.477 e. The lowest BCUT2D eigenvalue weighted by Crippen LogP contribution is -2.40. The van der Waals surface area contributed by atoms with E-state index in [2.05, 4.69) is 25.9 Å². The van der Waals surface area contributed by atoms with Gasteiger partial charge in [0.25, 0.3) is 0 Å². The van der Waals surface area contributed by atoms with Crippen LogP contribution >= 0.6 is 0 Å². The quantitative estimate of drug-likeness (QED) is 0.832. The van der Waals surface area contributed by atoms with Crippen molar-refractivity contribution in [2.24, 2.45) is 0 Å². The highest BCUT2D eigenvalue weighted by Gasteiger charge is 2.10. The van der Waals surface area contributed by atoms with Crippen LogP contribution in [0.15, 0.2) is 12.1 Å². The smallest absolute Gasteiger partial charge is 0.315 e. The minimum Gasteiger partial charge on any atom is -0.477 e. The molecule has 0 aliphatic carbocycles. The third kappa shape index (κ3) is 3.80. The van der Waals surface area contributed by atoms with Crippen molar-refractivity contribution in [2.75, 3.05) is 6.61 Å². The van der Waals surface area contributed by atoms with Crippen LogP contribution in [0.25, 0.3) is 5.65 Å². The first kappa shape index (κ1) is 15.0. The van der Waals surface area contributed by atoms with E-state index in [1.54, 1.807) is 16.6 Å². The maximum Gasteiger partial charge on any atom is 0.315 e. The zero-order valence-corrected chi connectivity index (χ0v) is 12.5. The molecule has 2 aromatic heterocycles. The number of carbonyl (C=O) groups excluding carboxylic acids is 1. The molecule has 8 heteroatoms. The van der Waals surface area contributed by atoms with Gasteiger partial charge in [0.2, 0.25) is 5.88 Å². The van der Waals surface area contributed by atoms with E-state index in [4.69, 9.17) is 4.74 Å². The van der Waals surface area contributed by atoms with E-state index in [-0.39, 0.29) is 18.6 Å². The van der Waals surface area contributed by atoms with Crippen molar-refractivity contribution < 1.29 is 9.53 Å². The van der Waals surface area contributed by atoms with Crippen LogP contribution in [0.3, 0.4) is 0 Å². The molecule has 0 aromatic carbocycles. The molecular formula is C13H20N6O2. The highest BCUT2D eigenvalue weighted by Crippen LogP contribution is 2.09. The van der Waals surface area contributed by atoms with E-state index in [1.165, 1.54) is 0 Å². The Hall–Kier alpha value is -2.38. The van der Waals surface area contributed by atoms with Crippen molar-refractivity contribution in [1.82, 2.24) is 30.4 Å². The van der Waals surface area contributed by atoms with E-state index in [1.807, 2.05) is 20.8 Å². The van der Waals surface area contributed by atoms with Gasteiger partial charge in [-0.15, -0.1) is 15.3 Å². The molecule has 1 atom stereocenters. The normalized spacial score (nSPS) is 12.1. The van der Waals surface area contributed by atoms with Crippen molar-refractivity contribution in [3.8, 4) is 5.88 Å². The minimum atomic E-state index is -0.234. The van der Waals surface area contributed by atoms with Gasteiger partial charge in [0.15, 0.2) is 11.5 Å². The topological polar surface area (TPSA) is 93.4 Å². The standard InChI is InChI=1S/C13H20N6O2/c1-4-9(3)15-13(20)14-8-11-17-16-10-6-7-12(21-5-2)18-19(10)11/h6-7,9H,4-5,8H2,1-3H3,(H2,14,15,20)/t9-/m1/s1. The van der Waals surface area contributed by atoms with Crippen LogP contribution in [-0.2, 0) is 6.54 Å². The number of amides is 2. The second-order valence-corrected chi connectivity index (χ2v) is 4.63. The van der Waals surface area contributed by atoms with Gasteiger partial charge in [-0.3, -0.25) is 0 Å². The number of ether oxygens (including phenoxy) is 1. The van der Waals surface area contributed by atoms with Crippen LogP contribution in [0.2, 0.25) is 0 Å². The van der Waals surface area contributed by atoms with E-state index in [9.17, 15) is 4.79 Å². The van der Waals surface area contributed by atoms with E-state index < -0.39 is 0 Å². The van der Waals surface area contributed by atoms with Crippen LogP contribution < -0.4 is 15.4 Å². The van der Waals surface area contributed by atoms with Crippen molar-refractivity contribution in [3.63, 3.8) is 0 Å². The molecule has 0 saturated heterocycles.